The van der Waals surface area contributed by atoms with Crippen molar-refractivity contribution in [3.63, 3.8) is 0 Å². The fraction of sp³-hybridized carbons (Fsp3) is 0.500. The summed E-state index contributed by atoms with van der Waals surface area (Å²) in [7, 11) is 0. The van der Waals surface area contributed by atoms with Crippen molar-refractivity contribution in [3.8, 4) is 0 Å². The van der Waals surface area contributed by atoms with Crippen LogP contribution in [0.3, 0.4) is 0 Å². The van der Waals surface area contributed by atoms with Crippen molar-refractivity contribution in [1.29, 1.82) is 0 Å². The number of amides is 1. The molecule has 30 heavy (non-hydrogen) atoms. The number of nitrogens with two attached hydrogens (primary N) is 1. The molecule has 0 radical (unpaired) electrons. The van der Waals surface area contributed by atoms with Gasteiger partial charge in [-0.1, -0.05) is 86.8 Å². The van der Waals surface area contributed by atoms with Crippen molar-refractivity contribution >= 4 is 17.5 Å². The molecule has 1 fully saturated rings. The molecule has 0 unspecified atom stereocenters. The number of halogens is 1. The second kappa shape index (κ2) is 15.9. The molecule has 4 heteroatoms. The minimum atomic E-state index is 0.149. The number of hydrogen-bond donors (Lipinski definition) is 1. The van der Waals surface area contributed by atoms with Crippen molar-refractivity contribution in [1.82, 2.24) is 4.90 Å². The summed E-state index contributed by atoms with van der Waals surface area (Å²) in [6.45, 7) is 8.52. The maximum absolute atomic E-state index is 11.3. The van der Waals surface area contributed by atoms with Crippen LogP contribution in [0.5, 0.6) is 0 Å². The summed E-state index contributed by atoms with van der Waals surface area (Å²) in [5, 5.41) is 0.794. The van der Waals surface area contributed by atoms with Crippen LogP contribution >= 0.6 is 11.6 Å². The summed E-state index contributed by atoms with van der Waals surface area (Å²) >= 11 is 5.54. The van der Waals surface area contributed by atoms with Crippen molar-refractivity contribution < 1.29 is 4.79 Å². The number of carbonyl (C=O) groups is 1. The van der Waals surface area contributed by atoms with Crippen LogP contribution < -0.4 is 5.73 Å². The Morgan fingerprint density at radius 2 is 1.53 bits per heavy atom. The third-order valence-electron chi connectivity index (χ3n) is 5.36. The molecule has 3 rings (SSSR count). The molecular formula is C26H39ClN2O. The molecule has 1 aliphatic carbocycles. The number of nitrogens with zero attached hydrogens (tertiary/aromatic N) is 1. The SMILES string of the molecule is CC1CCC(CN)CC1.CCCN(Cc1ccccc1)C(C)=O.Clc1ccccc1. The van der Waals surface area contributed by atoms with E-state index >= 15 is 0 Å². The minimum Gasteiger partial charge on any atom is -0.339 e. The lowest BCUT2D eigenvalue weighted by Gasteiger charge is -2.24. The van der Waals surface area contributed by atoms with Crippen LogP contribution in [0.15, 0.2) is 60.7 Å². The van der Waals surface area contributed by atoms with E-state index in [1.807, 2.05) is 65.6 Å². The first-order valence-corrected chi connectivity index (χ1v) is 11.5. The van der Waals surface area contributed by atoms with Crippen molar-refractivity contribution in [2.24, 2.45) is 17.6 Å². The molecule has 3 nitrogen and oxygen atoms in total. The number of rotatable bonds is 5. The Bertz CT molecular complexity index is 670. The third-order valence-corrected chi connectivity index (χ3v) is 5.61. The maximum atomic E-state index is 11.3. The van der Waals surface area contributed by atoms with Crippen molar-refractivity contribution in [2.45, 2.75) is 59.4 Å². The number of carbonyl (C=O) groups excluding carboxylic acids is 1. The summed E-state index contributed by atoms with van der Waals surface area (Å²) in [6, 6.07) is 19.5. The van der Waals surface area contributed by atoms with Gasteiger partial charge in [0.25, 0.3) is 0 Å². The van der Waals surface area contributed by atoms with Gasteiger partial charge in [0.2, 0.25) is 5.91 Å². The molecule has 0 aliphatic heterocycles. The molecule has 2 aromatic carbocycles. The van der Waals surface area contributed by atoms with Gasteiger partial charge in [-0.05, 0) is 55.3 Å². The quantitative estimate of drug-likeness (QED) is 0.583. The first-order chi connectivity index (χ1) is 14.5. The van der Waals surface area contributed by atoms with Crippen LogP contribution in [0.2, 0.25) is 5.02 Å². The van der Waals surface area contributed by atoms with E-state index in [1.165, 1.54) is 31.2 Å². The van der Waals surface area contributed by atoms with Gasteiger partial charge in [0.1, 0.15) is 0 Å². The van der Waals surface area contributed by atoms with Gasteiger partial charge in [0, 0.05) is 25.0 Å². The van der Waals surface area contributed by atoms with Crippen molar-refractivity contribution in [3.05, 3.63) is 71.2 Å². The van der Waals surface area contributed by atoms with Gasteiger partial charge >= 0.3 is 0 Å². The summed E-state index contributed by atoms with van der Waals surface area (Å²) in [6.07, 6.45) is 6.56. The average molecular weight is 431 g/mol. The van der Waals surface area contributed by atoms with Gasteiger partial charge in [-0.3, -0.25) is 4.79 Å². The highest BCUT2D eigenvalue weighted by Crippen LogP contribution is 2.27. The zero-order valence-corrected chi connectivity index (χ0v) is 19.7. The number of benzene rings is 2. The molecule has 1 amide bonds. The first kappa shape index (κ1) is 26.2. The fourth-order valence-corrected chi connectivity index (χ4v) is 3.55. The summed E-state index contributed by atoms with van der Waals surface area (Å²) < 4.78 is 0. The Hall–Kier alpha value is -1.84. The topological polar surface area (TPSA) is 46.3 Å². The maximum Gasteiger partial charge on any atom is 0.219 e. The second-order valence-corrected chi connectivity index (χ2v) is 8.52. The normalized spacial score (nSPS) is 17.6. The van der Waals surface area contributed by atoms with Crippen LogP contribution in [0.1, 0.15) is 58.4 Å². The molecule has 0 spiro atoms. The lowest BCUT2D eigenvalue weighted by atomic mass is 9.83. The van der Waals surface area contributed by atoms with Crippen LogP contribution in [-0.2, 0) is 11.3 Å². The summed E-state index contributed by atoms with van der Waals surface area (Å²) in [5.41, 5.74) is 6.74. The lowest BCUT2D eigenvalue weighted by molar-refractivity contribution is -0.129. The summed E-state index contributed by atoms with van der Waals surface area (Å²) in [5.74, 6) is 1.96. The van der Waals surface area contributed by atoms with E-state index in [1.54, 1.807) is 6.92 Å². The lowest BCUT2D eigenvalue weighted by Crippen LogP contribution is -2.28. The van der Waals surface area contributed by atoms with Crippen LogP contribution in [-0.4, -0.2) is 23.9 Å². The number of hydrogen-bond acceptors (Lipinski definition) is 2. The molecule has 0 bridgehead atoms. The van der Waals surface area contributed by atoms with E-state index in [2.05, 4.69) is 13.8 Å². The largest absolute Gasteiger partial charge is 0.339 e. The van der Waals surface area contributed by atoms with Crippen LogP contribution in [0, 0.1) is 11.8 Å². The van der Waals surface area contributed by atoms with Crippen molar-refractivity contribution in [2.75, 3.05) is 13.1 Å². The fourth-order valence-electron chi connectivity index (χ4n) is 3.40. The minimum absolute atomic E-state index is 0.149. The van der Waals surface area contributed by atoms with Gasteiger partial charge in [0.05, 0.1) is 0 Å². The Morgan fingerprint density at radius 1 is 1.00 bits per heavy atom. The Morgan fingerprint density at radius 3 is 1.93 bits per heavy atom. The van der Waals surface area contributed by atoms with E-state index in [4.69, 9.17) is 17.3 Å². The third kappa shape index (κ3) is 12.0. The van der Waals surface area contributed by atoms with E-state index in [0.29, 0.717) is 0 Å². The molecule has 2 aromatic rings. The van der Waals surface area contributed by atoms with Gasteiger partial charge < -0.3 is 10.6 Å². The highest BCUT2D eigenvalue weighted by molar-refractivity contribution is 6.30. The molecular weight excluding hydrogens is 392 g/mol. The molecule has 0 aromatic heterocycles. The monoisotopic (exact) mass is 430 g/mol. The molecule has 0 atom stereocenters. The van der Waals surface area contributed by atoms with Gasteiger partial charge in [-0.15, -0.1) is 0 Å². The average Bonchev–Trinajstić information content (AvgIpc) is 2.76. The molecule has 2 N–H and O–H groups in total. The van der Waals surface area contributed by atoms with E-state index < -0.39 is 0 Å². The molecule has 166 valence electrons. The Balaban J connectivity index is 0.000000241. The standard InChI is InChI=1S/C12H17NO.C8H17N.C6H5Cl/c1-3-9-13(11(2)14)10-12-7-5-4-6-8-12;1-7-2-4-8(6-9)5-3-7;7-6-4-2-1-3-5-6/h4-8H,3,9-10H2,1-2H3;7-8H,2-6,9H2,1H3;1-5H. The molecule has 1 aliphatic rings. The second-order valence-electron chi connectivity index (χ2n) is 8.08. The Kier molecular flexibility index (Phi) is 13.9. The van der Waals surface area contributed by atoms with Gasteiger partial charge in [0.15, 0.2) is 0 Å². The highest BCUT2D eigenvalue weighted by Gasteiger charge is 2.15. The van der Waals surface area contributed by atoms with Crippen LogP contribution in [0.25, 0.3) is 0 Å². The van der Waals surface area contributed by atoms with E-state index in [-0.39, 0.29) is 5.91 Å². The summed E-state index contributed by atoms with van der Waals surface area (Å²) in [4.78, 5) is 13.1. The Labute approximate surface area is 188 Å². The first-order valence-electron chi connectivity index (χ1n) is 11.2. The predicted molar refractivity (Wildman–Crippen MR) is 129 cm³/mol. The van der Waals surface area contributed by atoms with Gasteiger partial charge in [-0.2, -0.15) is 0 Å². The molecule has 0 heterocycles. The predicted octanol–water partition coefficient (Wildman–Crippen LogP) is 6.56. The van der Waals surface area contributed by atoms with Crippen LogP contribution in [0.4, 0.5) is 0 Å². The molecule has 0 saturated heterocycles. The zero-order valence-electron chi connectivity index (χ0n) is 18.9. The molecule has 1 saturated carbocycles. The zero-order chi connectivity index (χ0) is 22.2. The smallest absolute Gasteiger partial charge is 0.219 e. The van der Waals surface area contributed by atoms with E-state index in [9.17, 15) is 4.79 Å². The highest BCUT2D eigenvalue weighted by atomic mass is 35.5. The van der Waals surface area contributed by atoms with Gasteiger partial charge in [-0.25, -0.2) is 0 Å². The van der Waals surface area contributed by atoms with E-state index in [0.717, 1.165) is 42.9 Å².